The van der Waals surface area contributed by atoms with Crippen molar-refractivity contribution in [2.24, 2.45) is 7.05 Å². The van der Waals surface area contributed by atoms with Crippen LogP contribution >= 0.6 is 0 Å². The molecule has 0 unspecified atom stereocenters. The number of nitrogens with one attached hydrogen (secondary N) is 1. The number of halogens is 3. The molecule has 1 heterocycles. The Morgan fingerprint density at radius 2 is 1.62 bits per heavy atom. The van der Waals surface area contributed by atoms with Gasteiger partial charge in [-0.3, -0.25) is 14.3 Å². The standard InChI is InChI=1S/C22H20F3N3O4/c1-13-18(20(30)28(27(13)3)17-7-5-4-6-8-17)26-19(29)14(2)32-21(31)15-9-11-16(12-10-15)22(23,24)25/h4-12,14H,1-3H3,(H,26,29)/t14-/m0/s1. The number of alkyl halides is 3. The summed E-state index contributed by atoms with van der Waals surface area (Å²) in [6, 6.07) is 12.3. The van der Waals surface area contributed by atoms with Crippen LogP contribution in [0.5, 0.6) is 0 Å². The van der Waals surface area contributed by atoms with E-state index >= 15 is 0 Å². The second-order valence-electron chi connectivity index (χ2n) is 7.05. The molecule has 0 spiro atoms. The van der Waals surface area contributed by atoms with E-state index in [1.54, 1.807) is 49.0 Å². The minimum Gasteiger partial charge on any atom is -0.449 e. The van der Waals surface area contributed by atoms with Gasteiger partial charge in [-0.1, -0.05) is 18.2 Å². The number of aromatic nitrogens is 2. The van der Waals surface area contributed by atoms with E-state index in [-0.39, 0.29) is 11.3 Å². The van der Waals surface area contributed by atoms with Crippen LogP contribution in [0.1, 0.15) is 28.5 Å². The summed E-state index contributed by atoms with van der Waals surface area (Å²) in [5.41, 5.74) is -0.405. The van der Waals surface area contributed by atoms with Crippen molar-refractivity contribution in [2.45, 2.75) is 26.1 Å². The third-order valence-corrected chi connectivity index (χ3v) is 4.90. The third-order valence-electron chi connectivity index (χ3n) is 4.90. The number of esters is 1. The number of ether oxygens (including phenoxy) is 1. The molecule has 0 aliphatic rings. The summed E-state index contributed by atoms with van der Waals surface area (Å²) in [7, 11) is 1.66. The van der Waals surface area contributed by atoms with Crippen LogP contribution in [-0.2, 0) is 22.8 Å². The van der Waals surface area contributed by atoms with E-state index in [4.69, 9.17) is 4.74 Å². The van der Waals surface area contributed by atoms with Gasteiger partial charge in [0.1, 0.15) is 5.69 Å². The Morgan fingerprint density at radius 3 is 2.19 bits per heavy atom. The quantitative estimate of drug-likeness (QED) is 0.605. The van der Waals surface area contributed by atoms with E-state index in [2.05, 4.69) is 5.32 Å². The molecule has 168 valence electrons. The molecule has 0 saturated heterocycles. The van der Waals surface area contributed by atoms with Crippen molar-refractivity contribution in [2.75, 3.05) is 5.32 Å². The van der Waals surface area contributed by atoms with Gasteiger partial charge >= 0.3 is 12.1 Å². The van der Waals surface area contributed by atoms with Crippen molar-refractivity contribution >= 4 is 17.6 Å². The van der Waals surface area contributed by atoms with E-state index in [1.807, 2.05) is 0 Å². The number of carbonyl (C=O) groups is 2. The van der Waals surface area contributed by atoms with Gasteiger partial charge in [0.2, 0.25) is 0 Å². The van der Waals surface area contributed by atoms with Gasteiger partial charge < -0.3 is 10.1 Å². The lowest BCUT2D eigenvalue weighted by atomic mass is 10.1. The highest BCUT2D eigenvalue weighted by Crippen LogP contribution is 2.29. The van der Waals surface area contributed by atoms with Crippen LogP contribution in [0.25, 0.3) is 5.69 Å². The van der Waals surface area contributed by atoms with Gasteiger partial charge in [-0.05, 0) is 50.2 Å². The summed E-state index contributed by atoms with van der Waals surface area (Å²) >= 11 is 0. The Labute approximate surface area is 181 Å². The zero-order valence-corrected chi connectivity index (χ0v) is 17.4. The SMILES string of the molecule is Cc1c(NC(=O)[C@H](C)OC(=O)c2ccc(C(F)(F)F)cc2)c(=O)n(-c2ccccc2)n1C. The first-order valence-electron chi connectivity index (χ1n) is 9.54. The molecule has 10 heteroatoms. The molecule has 0 fully saturated rings. The normalized spacial score (nSPS) is 12.3. The van der Waals surface area contributed by atoms with Crippen LogP contribution < -0.4 is 10.9 Å². The maximum Gasteiger partial charge on any atom is 0.416 e. The number of benzene rings is 2. The fourth-order valence-electron chi connectivity index (χ4n) is 3.01. The first-order valence-corrected chi connectivity index (χ1v) is 9.54. The molecule has 1 atom stereocenters. The van der Waals surface area contributed by atoms with E-state index in [0.717, 1.165) is 24.3 Å². The van der Waals surface area contributed by atoms with Crippen LogP contribution in [0.2, 0.25) is 0 Å². The van der Waals surface area contributed by atoms with Gasteiger partial charge in [0.25, 0.3) is 11.5 Å². The molecule has 0 aliphatic carbocycles. The maximum atomic E-state index is 12.9. The Hall–Kier alpha value is -3.82. The summed E-state index contributed by atoms with van der Waals surface area (Å²) in [6.45, 7) is 2.95. The molecule has 2 aromatic carbocycles. The Balaban J connectivity index is 1.74. The van der Waals surface area contributed by atoms with Gasteiger partial charge in [0.05, 0.1) is 22.5 Å². The molecule has 0 aliphatic heterocycles. The summed E-state index contributed by atoms with van der Waals surface area (Å²) in [5, 5.41) is 2.48. The molecule has 0 bridgehead atoms. The monoisotopic (exact) mass is 447 g/mol. The zero-order chi connectivity index (χ0) is 23.6. The molecule has 0 radical (unpaired) electrons. The van der Waals surface area contributed by atoms with E-state index < -0.39 is 35.3 Å². The van der Waals surface area contributed by atoms with Crippen LogP contribution in [0.3, 0.4) is 0 Å². The highest BCUT2D eigenvalue weighted by atomic mass is 19.4. The number of carbonyl (C=O) groups excluding carboxylic acids is 2. The van der Waals surface area contributed by atoms with Gasteiger partial charge in [0.15, 0.2) is 6.10 Å². The Kier molecular flexibility index (Phi) is 6.24. The van der Waals surface area contributed by atoms with E-state index in [0.29, 0.717) is 11.4 Å². The Morgan fingerprint density at radius 1 is 1.03 bits per heavy atom. The molecule has 1 amide bonds. The lowest BCUT2D eigenvalue weighted by Gasteiger charge is -2.13. The average molecular weight is 447 g/mol. The lowest BCUT2D eigenvalue weighted by Crippen LogP contribution is -2.32. The lowest BCUT2D eigenvalue weighted by molar-refractivity contribution is -0.137. The summed E-state index contributed by atoms with van der Waals surface area (Å²) in [6.07, 6.45) is -5.83. The first kappa shape index (κ1) is 22.9. The van der Waals surface area contributed by atoms with Crippen molar-refractivity contribution in [1.29, 1.82) is 0 Å². The van der Waals surface area contributed by atoms with Crippen molar-refractivity contribution in [1.82, 2.24) is 9.36 Å². The minimum atomic E-state index is -4.53. The number of rotatable bonds is 5. The fraction of sp³-hybridized carbons (Fsp3) is 0.227. The molecular formula is C22H20F3N3O4. The van der Waals surface area contributed by atoms with Crippen LogP contribution in [0, 0.1) is 6.92 Å². The number of amides is 1. The number of nitrogens with zero attached hydrogens (tertiary/aromatic N) is 2. The summed E-state index contributed by atoms with van der Waals surface area (Å²) < 4.78 is 46.0. The number of para-hydroxylation sites is 1. The van der Waals surface area contributed by atoms with Crippen molar-refractivity contribution < 1.29 is 27.5 Å². The minimum absolute atomic E-state index is 0.0267. The molecular weight excluding hydrogens is 427 g/mol. The molecule has 3 aromatic rings. The first-order chi connectivity index (χ1) is 15.0. The molecule has 1 aromatic heterocycles. The number of hydrogen-bond donors (Lipinski definition) is 1. The molecule has 0 saturated carbocycles. The fourth-order valence-corrected chi connectivity index (χ4v) is 3.01. The summed E-state index contributed by atoms with van der Waals surface area (Å²) in [5.74, 6) is -1.72. The maximum absolute atomic E-state index is 12.9. The van der Waals surface area contributed by atoms with E-state index in [1.165, 1.54) is 11.6 Å². The molecule has 1 N–H and O–H groups in total. The largest absolute Gasteiger partial charge is 0.449 e. The third kappa shape index (κ3) is 4.58. The van der Waals surface area contributed by atoms with Gasteiger partial charge in [-0.15, -0.1) is 0 Å². The van der Waals surface area contributed by atoms with Crippen LogP contribution in [0.15, 0.2) is 59.4 Å². The predicted octanol–water partition coefficient (Wildman–Crippen LogP) is 3.69. The second-order valence-corrected chi connectivity index (χ2v) is 7.05. The topological polar surface area (TPSA) is 82.3 Å². The molecule has 32 heavy (non-hydrogen) atoms. The van der Waals surface area contributed by atoms with Gasteiger partial charge in [-0.2, -0.15) is 13.2 Å². The van der Waals surface area contributed by atoms with Crippen LogP contribution in [-0.4, -0.2) is 27.3 Å². The summed E-state index contributed by atoms with van der Waals surface area (Å²) in [4.78, 5) is 37.6. The van der Waals surface area contributed by atoms with Crippen LogP contribution in [0.4, 0.5) is 18.9 Å². The highest BCUT2D eigenvalue weighted by Gasteiger charge is 2.30. The Bertz CT molecular complexity index is 1200. The smallest absolute Gasteiger partial charge is 0.416 e. The van der Waals surface area contributed by atoms with Gasteiger partial charge in [-0.25, -0.2) is 9.48 Å². The van der Waals surface area contributed by atoms with Crippen molar-refractivity contribution in [3.8, 4) is 5.69 Å². The van der Waals surface area contributed by atoms with Gasteiger partial charge in [0, 0.05) is 7.05 Å². The number of hydrogen-bond acceptors (Lipinski definition) is 4. The highest BCUT2D eigenvalue weighted by molar-refractivity contribution is 5.97. The molecule has 3 rings (SSSR count). The second kappa shape index (κ2) is 8.74. The van der Waals surface area contributed by atoms with Crippen molar-refractivity contribution in [3.63, 3.8) is 0 Å². The average Bonchev–Trinajstić information content (AvgIpc) is 2.96. The van der Waals surface area contributed by atoms with Crippen molar-refractivity contribution in [3.05, 3.63) is 81.8 Å². The number of anilines is 1. The van der Waals surface area contributed by atoms with E-state index in [9.17, 15) is 27.6 Å². The molecule has 7 nitrogen and oxygen atoms in total. The predicted molar refractivity (Wildman–Crippen MR) is 111 cm³/mol. The zero-order valence-electron chi connectivity index (χ0n) is 17.4.